The Kier molecular flexibility index (Phi) is 5.73. The van der Waals surface area contributed by atoms with Crippen molar-refractivity contribution in [3.8, 4) is 5.75 Å². The zero-order chi connectivity index (χ0) is 22.8. The van der Waals surface area contributed by atoms with Crippen LogP contribution in [0.5, 0.6) is 5.75 Å². The SMILES string of the molecule is COc1ccc(C2=C(N(C)Cc3ccccc3)C(=O)N(c3ccc(F)c(F)c3)C2=O)cc1. The molecule has 1 aliphatic heterocycles. The van der Waals surface area contributed by atoms with Gasteiger partial charge in [0.25, 0.3) is 11.8 Å². The number of imide groups is 1. The molecule has 0 spiro atoms. The van der Waals surface area contributed by atoms with E-state index in [2.05, 4.69) is 0 Å². The van der Waals surface area contributed by atoms with Gasteiger partial charge >= 0.3 is 0 Å². The number of rotatable bonds is 6. The number of halogens is 2. The highest BCUT2D eigenvalue weighted by Gasteiger charge is 2.42. The first-order valence-electron chi connectivity index (χ1n) is 9.88. The molecule has 2 amide bonds. The highest BCUT2D eigenvalue weighted by Crippen LogP contribution is 2.35. The van der Waals surface area contributed by atoms with Crippen LogP contribution in [0.3, 0.4) is 0 Å². The van der Waals surface area contributed by atoms with Gasteiger partial charge in [0.15, 0.2) is 11.6 Å². The van der Waals surface area contributed by atoms with E-state index >= 15 is 0 Å². The van der Waals surface area contributed by atoms with Crippen LogP contribution in [0.2, 0.25) is 0 Å². The lowest BCUT2D eigenvalue weighted by molar-refractivity contribution is -0.120. The predicted molar refractivity (Wildman–Crippen MR) is 117 cm³/mol. The summed E-state index contributed by atoms with van der Waals surface area (Å²) in [7, 11) is 3.24. The molecule has 5 nitrogen and oxygen atoms in total. The van der Waals surface area contributed by atoms with E-state index in [1.807, 2.05) is 30.3 Å². The summed E-state index contributed by atoms with van der Waals surface area (Å²) in [5.74, 6) is -2.81. The average molecular weight is 434 g/mol. The third-order valence-corrected chi connectivity index (χ3v) is 5.24. The van der Waals surface area contributed by atoms with Crippen LogP contribution in [0.25, 0.3) is 5.57 Å². The van der Waals surface area contributed by atoms with Gasteiger partial charge in [-0.2, -0.15) is 0 Å². The van der Waals surface area contributed by atoms with Crippen LogP contribution in [0.4, 0.5) is 14.5 Å². The first kappa shape index (κ1) is 21.2. The molecule has 162 valence electrons. The van der Waals surface area contributed by atoms with Gasteiger partial charge in [-0.3, -0.25) is 9.59 Å². The van der Waals surface area contributed by atoms with Gasteiger partial charge in [-0.1, -0.05) is 42.5 Å². The van der Waals surface area contributed by atoms with Crippen molar-refractivity contribution in [1.82, 2.24) is 4.90 Å². The maximum Gasteiger partial charge on any atom is 0.282 e. The number of nitrogens with zero attached hydrogens (tertiary/aromatic N) is 2. The summed E-state index contributed by atoms with van der Waals surface area (Å²) < 4.78 is 32.5. The van der Waals surface area contributed by atoms with E-state index in [1.165, 1.54) is 13.2 Å². The number of methoxy groups -OCH3 is 1. The molecule has 0 N–H and O–H groups in total. The lowest BCUT2D eigenvalue weighted by Crippen LogP contribution is -2.34. The minimum atomic E-state index is -1.14. The predicted octanol–water partition coefficient (Wildman–Crippen LogP) is 4.39. The van der Waals surface area contributed by atoms with Crippen molar-refractivity contribution in [3.63, 3.8) is 0 Å². The Balaban J connectivity index is 1.80. The van der Waals surface area contributed by atoms with Crippen LogP contribution in [-0.4, -0.2) is 30.9 Å². The van der Waals surface area contributed by atoms with E-state index in [1.54, 1.807) is 36.2 Å². The molecule has 0 aliphatic carbocycles. The average Bonchev–Trinajstić information content (AvgIpc) is 3.06. The maximum atomic E-state index is 13.9. The van der Waals surface area contributed by atoms with Crippen molar-refractivity contribution in [3.05, 3.63) is 101 Å². The van der Waals surface area contributed by atoms with Crippen LogP contribution in [0, 0.1) is 11.6 Å². The third-order valence-electron chi connectivity index (χ3n) is 5.24. The van der Waals surface area contributed by atoms with Gasteiger partial charge in [-0.15, -0.1) is 0 Å². The third kappa shape index (κ3) is 3.85. The van der Waals surface area contributed by atoms with E-state index in [0.717, 1.165) is 22.6 Å². The molecule has 3 aromatic carbocycles. The molecule has 0 fully saturated rings. The van der Waals surface area contributed by atoms with Crippen LogP contribution in [-0.2, 0) is 16.1 Å². The number of carbonyl (C=O) groups is 2. The monoisotopic (exact) mass is 434 g/mol. The Morgan fingerprint density at radius 1 is 0.875 bits per heavy atom. The summed E-state index contributed by atoms with van der Waals surface area (Å²) in [4.78, 5) is 29.4. The number of hydrogen-bond acceptors (Lipinski definition) is 4. The quantitative estimate of drug-likeness (QED) is 0.540. The molecular weight excluding hydrogens is 414 g/mol. The van der Waals surface area contributed by atoms with Gasteiger partial charge < -0.3 is 9.64 Å². The Bertz CT molecular complexity index is 1210. The highest BCUT2D eigenvalue weighted by molar-refractivity contribution is 6.45. The first-order chi connectivity index (χ1) is 15.4. The summed E-state index contributed by atoms with van der Waals surface area (Å²) >= 11 is 0. The van der Waals surface area contributed by atoms with Crippen molar-refractivity contribution in [1.29, 1.82) is 0 Å². The lowest BCUT2D eigenvalue weighted by atomic mass is 10.0. The van der Waals surface area contributed by atoms with Gasteiger partial charge in [-0.05, 0) is 35.4 Å². The molecule has 4 rings (SSSR count). The van der Waals surface area contributed by atoms with Crippen LogP contribution >= 0.6 is 0 Å². The van der Waals surface area contributed by atoms with Crippen molar-refractivity contribution in [2.45, 2.75) is 6.54 Å². The molecule has 0 atom stereocenters. The van der Waals surface area contributed by atoms with E-state index in [4.69, 9.17) is 4.74 Å². The number of likely N-dealkylation sites (N-methyl/N-ethyl adjacent to an activating group) is 1. The second kappa shape index (κ2) is 8.63. The number of hydrogen-bond donors (Lipinski definition) is 0. The fraction of sp³-hybridized carbons (Fsp3) is 0.120. The largest absolute Gasteiger partial charge is 0.497 e. The van der Waals surface area contributed by atoms with Crippen LogP contribution in [0.15, 0.2) is 78.5 Å². The van der Waals surface area contributed by atoms with Gasteiger partial charge in [0.05, 0.1) is 18.4 Å². The Hall–Kier alpha value is -4.00. The van der Waals surface area contributed by atoms with Gasteiger partial charge in [-0.25, -0.2) is 13.7 Å². The Labute approximate surface area is 184 Å². The van der Waals surface area contributed by atoms with Crippen LogP contribution < -0.4 is 9.64 Å². The van der Waals surface area contributed by atoms with Crippen molar-refractivity contribution in [2.75, 3.05) is 19.1 Å². The first-order valence-corrected chi connectivity index (χ1v) is 9.88. The molecule has 3 aromatic rings. The van der Waals surface area contributed by atoms with Crippen LogP contribution in [0.1, 0.15) is 11.1 Å². The van der Waals surface area contributed by atoms with Crippen molar-refractivity contribution < 1.29 is 23.1 Å². The highest BCUT2D eigenvalue weighted by atomic mass is 19.2. The topological polar surface area (TPSA) is 49.9 Å². The summed E-state index contributed by atoms with van der Waals surface area (Å²) in [6.45, 7) is 0.375. The smallest absolute Gasteiger partial charge is 0.282 e. The van der Waals surface area contributed by atoms with Crippen molar-refractivity contribution >= 4 is 23.1 Å². The summed E-state index contributed by atoms with van der Waals surface area (Å²) in [6, 6.07) is 19.2. The molecule has 32 heavy (non-hydrogen) atoms. The van der Waals surface area contributed by atoms with Crippen molar-refractivity contribution in [2.24, 2.45) is 0 Å². The molecule has 0 saturated carbocycles. The zero-order valence-corrected chi connectivity index (χ0v) is 17.5. The van der Waals surface area contributed by atoms with E-state index < -0.39 is 23.4 Å². The molecular formula is C25H20F2N2O3. The number of benzene rings is 3. The maximum absolute atomic E-state index is 13.9. The second-order valence-corrected chi connectivity index (χ2v) is 7.34. The van der Waals surface area contributed by atoms with Gasteiger partial charge in [0.2, 0.25) is 0 Å². The summed E-state index contributed by atoms with van der Waals surface area (Å²) in [5.41, 5.74) is 1.79. The van der Waals surface area contributed by atoms with E-state index in [-0.39, 0.29) is 17.0 Å². The molecule has 0 saturated heterocycles. The fourth-order valence-corrected chi connectivity index (χ4v) is 3.69. The fourth-order valence-electron chi connectivity index (χ4n) is 3.69. The van der Waals surface area contributed by atoms with Gasteiger partial charge in [0, 0.05) is 19.7 Å². The standard InChI is InChI=1S/C25H20F2N2O3/c1-28(15-16-6-4-3-5-7-16)23-22(17-8-11-19(32-2)12-9-17)24(30)29(25(23)31)18-10-13-20(26)21(27)14-18/h3-14H,15H2,1-2H3. The van der Waals surface area contributed by atoms with E-state index in [9.17, 15) is 18.4 Å². The van der Waals surface area contributed by atoms with E-state index in [0.29, 0.717) is 17.9 Å². The Morgan fingerprint density at radius 3 is 2.19 bits per heavy atom. The number of amides is 2. The molecule has 0 aromatic heterocycles. The molecule has 0 unspecified atom stereocenters. The summed E-state index contributed by atoms with van der Waals surface area (Å²) in [5, 5.41) is 0. The lowest BCUT2D eigenvalue weighted by Gasteiger charge is -2.21. The normalized spacial score (nSPS) is 13.7. The molecule has 0 bridgehead atoms. The Morgan fingerprint density at radius 2 is 1.56 bits per heavy atom. The molecule has 0 radical (unpaired) electrons. The molecule has 1 heterocycles. The molecule has 1 aliphatic rings. The second-order valence-electron chi connectivity index (χ2n) is 7.34. The number of anilines is 1. The number of carbonyl (C=O) groups excluding carboxylic acids is 2. The number of ether oxygens (including phenoxy) is 1. The van der Waals surface area contributed by atoms with Gasteiger partial charge in [0.1, 0.15) is 11.4 Å². The summed E-state index contributed by atoms with van der Waals surface area (Å²) in [6.07, 6.45) is 0. The molecule has 7 heteroatoms. The minimum absolute atomic E-state index is 0.0342. The zero-order valence-electron chi connectivity index (χ0n) is 17.5. The minimum Gasteiger partial charge on any atom is -0.497 e.